The van der Waals surface area contributed by atoms with Crippen LogP contribution >= 0.6 is 0 Å². The molecule has 0 aromatic carbocycles. The van der Waals surface area contributed by atoms with Gasteiger partial charge < -0.3 is 14.2 Å². The van der Waals surface area contributed by atoms with Crippen LogP contribution in [0.5, 0.6) is 0 Å². The van der Waals surface area contributed by atoms with Crippen molar-refractivity contribution in [2.75, 3.05) is 13.2 Å². The fourth-order valence-corrected chi connectivity index (χ4v) is 2.33. The first-order valence-corrected chi connectivity index (χ1v) is 9.61. The number of carbonyl (C=O) groups excluding carboxylic acids is 3. The second kappa shape index (κ2) is 11.9. The van der Waals surface area contributed by atoms with E-state index in [9.17, 15) is 71.5 Å². The summed E-state index contributed by atoms with van der Waals surface area (Å²) in [6.07, 6.45) is -16.5. The van der Waals surface area contributed by atoms with Gasteiger partial charge in [-0.1, -0.05) is 6.92 Å². The van der Waals surface area contributed by atoms with E-state index in [1.807, 2.05) is 0 Å². The summed E-state index contributed by atoms with van der Waals surface area (Å²) >= 11 is 0. The molecule has 0 saturated heterocycles. The van der Waals surface area contributed by atoms with Gasteiger partial charge in [0.25, 0.3) is 0 Å². The topological polar surface area (TPSA) is 78.9 Å². The lowest BCUT2D eigenvalue weighted by Crippen LogP contribution is -2.49. The van der Waals surface area contributed by atoms with Gasteiger partial charge in [-0.25, -0.2) is 22.4 Å². The molecule has 0 radical (unpaired) electrons. The molecule has 37 heavy (non-hydrogen) atoms. The Labute approximate surface area is 199 Å². The molecule has 0 heterocycles. The van der Waals surface area contributed by atoms with Crippen molar-refractivity contribution in [3.8, 4) is 0 Å². The number of hydrogen-bond donors (Lipinski definition) is 0. The molecule has 0 N–H and O–H groups in total. The van der Waals surface area contributed by atoms with Gasteiger partial charge >= 0.3 is 54.7 Å². The lowest BCUT2D eigenvalue weighted by molar-refractivity contribution is -0.285. The Kier molecular flexibility index (Phi) is 11.1. The van der Waals surface area contributed by atoms with Crippen LogP contribution in [0.3, 0.4) is 0 Å². The fraction of sp³-hybridized carbons (Fsp3) is 0.833. The van der Waals surface area contributed by atoms with Crippen molar-refractivity contribution in [2.24, 2.45) is 11.8 Å². The van der Waals surface area contributed by atoms with Crippen LogP contribution in [-0.4, -0.2) is 73.5 Å². The van der Waals surface area contributed by atoms with Gasteiger partial charge in [0.05, 0.1) is 11.8 Å². The molecule has 0 aliphatic carbocycles. The molecule has 0 aliphatic rings. The van der Waals surface area contributed by atoms with E-state index in [1.54, 1.807) is 0 Å². The highest BCUT2D eigenvalue weighted by molar-refractivity contribution is 5.82. The van der Waals surface area contributed by atoms with Gasteiger partial charge in [-0.2, -0.15) is 39.5 Å². The Morgan fingerprint density at radius 1 is 0.703 bits per heavy atom. The summed E-state index contributed by atoms with van der Waals surface area (Å²) in [5.74, 6) is -27.6. The maximum Gasteiger partial charge on any atom is 0.465 e. The van der Waals surface area contributed by atoms with Crippen molar-refractivity contribution in [3.05, 3.63) is 0 Å². The number of esters is 3. The standard InChI is InChI=1S/C18H19F13O6/c1-7(9(32)35-5-15(23,24)11(19)20)8(10(33)36-6-16(25,26)12(21)22)4-14(2,3)37-13(34)17(27,28)18(29,30)31/h7-8,11-12H,4-6H2,1-3H3. The van der Waals surface area contributed by atoms with E-state index in [1.165, 1.54) is 0 Å². The van der Waals surface area contributed by atoms with Gasteiger partial charge in [0.15, 0.2) is 13.2 Å². The summed E-state index contributed by atoms with van der Waals surface area (Å²) in [5, 5.41) is 0. The zero-order valence-corrected chi connectivity index (χ0v) is 18.8. The minimum absolute atomic E-state index is 0.592. The van der Waals surface area contributed by atoms with Gasteiger partial charge in [-0.05, 0) is 13.8 Å². The van der Waals surface area contributed by atoms with Crippen molar-refractivity contribution in [1.29, 1.82) is 0 Å². The predicted molar refractivity (Wildman–Crippen MR) is 92.3 cm³/mol. The molecule has 0 saturated carbocycles. The Morgan fingerprint density at radius 3 is 1.43 bits per heavy atom. The minimum atomic E-state index is -6.44. The Balaban J connectivity index is 5.91. The third-order valence-electron chi connectivity index (χ3n) is 4.42. The van der Waals surface area contributed by atoms with Gasteiger partial charge in [-0.15, -0.1) is 0 Å². The minimum Gasteiger partial charge on any atom is -0.459 e. The van der Waals surface area contributed by atoms with Crippen molar-refractivity contribution in [3.63, 3.8) is 0 Å². The van der Waals surface area contributed by atoms with Gasteiger partial charge in [0, 0.05) is 6.42 Å². The SMILES string of the molecule is CC(C(=O)OCC(F)(F)C(F)F)C(CC(C)(C)OC(=O)C(F)(F)C(F)(F)F)C(=O)OCC(F)(F)C(F)F. The van der Waals surface area contributed by atoms with Crippen molar-refractivity contribution in [1.82, 2.24) is 0 Å². The number of ether oxygens (including phenoxy) is 3. The highest BCUT2D eigenvalue weighted by Gasteiger charge is 2.65. The third-order valence-corrected chi connectivity index (χ3v) is 4.42. The van der Waals surface area contributed by atoms with Crippen molar-refractivity contribution < 1.29 is 85.7 Å². The summed E-state index contributed by atoms with van der Waals surface area (Å²) in [6, 6.07) is 0. The first-order valence-electron chi connectivity index (χ1n) is 9.61. The average molecular weight is 578 g/mol. The smallest absolute Gasteiger partial charge is 0.459 e. The highest BCUT2D eigenvalue weighted by atomic mass is 19.4. The van der Waals surface area contributed by atoms with Crippen LogP contribution in [0.4, 0.5) is 57.1 Å². The van der Waals surface area contributed by atoms with Gasteiger partial charge in [-0.3, -0.25) is 9.59 Å². The Morgan fingerprint density at radius 2 is 1.08 bits per heavy atom. The second-order valence-corrected chi connectivity index (χ2v) is 8.16. The van der Waals surface area contributed by atoms with E-state index in [0.717, 1.165) is 0 Å². The zero-order chi connectivity index (χ0) is 29.8. The van der Waals surface area contributed by atoms with Crippen LogP contribution in [0.1, 0.15) is 27.2 Å². The second-order valence-electron chi connectivity index (χ2n) is 8.16. The number of halogens is 13. The predicted octanol–water partition coefficient (Wildman–Crippen LogP) is 5.04. The van der Waals surface area contributed by atoms with Crippen LogP contribution in [0.25, 0.3) is 0 Å². The maximum absolute atomic E-state index is 13.2. The average Bonchev–Trinajstić information content (AvgIpc) is 2.72. The number of alkyl halides is 13. The molecule has 2 atom stereocenters. The molecule has 0 bridgehead atoms. The van der Waals surface area contributed by atoms with Crippen LogP contribution in [0, 0.1) is 11.8 Å². The van der Waals surface area contributed by atoms with Crippen LogP contribution in [-0.2, 0) is 28.6 Å². The van der Waals surface area contributed by atoms with E-state index in [2.05, 4.69) is 14.2 Å². The normalized spacial score (nSPS) is 15.4. The monoisotopic (exact) mass is 578 g/mol. The van der Waals surface area contributed by atoms with Gasteiger partial charge in [0.2, 0.25) is 0 Å². The molecule has 6 nitrogen and oxygen atoms in total. The quantitative estimate of drug-likeness (QED) is 0.173. The van der Waals surface area contributed by atoms with E-state index in [0.29, 0.717) is 20.8 Å². The number of rotatable bonds is 13. The lowest BCUT2D eigenvalue weighted by Gasteiger charge is -2.32. The Bertz CT molecular complexity index is 810. The lowest BCUT2D eigenvalue weighted by atomic mass is 9.84. The molecule has 0 aliphatic heterocycles. The van der Waals surface area contributed by atoms with Crippen LogP contribution < -0.4 is 0 Å². The molecule has 0 spiro atoms. The molecular weight excluding hydrogens is 559 g/mol. The molecule has 0 aromatic rings. The molecule has 0 rings (SSSR count). The molecule has 19 heteroatoms. The van der Waals surface area contributed by atoms with E-state index in [-0.39, 0.29) is 0 Å². The first kappa shape index (κ1) is 34.5. The highest BCUT2D eigenvalue weighted by Crippen LogP contribution is 2.39. The summed E-state index contributed by atoms with van der Waals surface area (Å²) < 4.78 is 176. The summed E-state index contributed by atoms with van der Waals surface area (Å²) in [4.78, 5) is 35.6. The van der Waals surface area contributed by atoms with E-state index < -0.39 is 91.8 Å². The molecule has 2 unspecified atom stereocenters. The first-order chi connectivity index (χ1) is 16.3. The number of carbonyl (C=O) groups is 3. The molecular formula is C18H19F13O6. The van der Waals surface area contributed by atoms with Crippen LogP contribution in [0.2, 0.25) is 0 Å². The molecule has 218 valence electrons. The van der Waals surface area contributed by atoms with E-state index >= 15 is 0 Å². The molecule has 0 fully saturated rings. The molecule has 0 amide bonds. The summed E-state index contributed by atoms with van der Waals surface area (Å²) in [6.45, 7) is -2.82. The summed E-state index contributed by atoms with van der Waals surface area (Å²) in [5.41, 5.74) is -2.58. The largest absolute Gasteiger partial charge is 0.465 e. The van der Waals surface area contributed by atoms with Crippen molar-refractivity contribution in [2.45, 2.75) is 69.6 Å². The van der Waals surface area contributed by atoms with E-state index in [4.69, 9.17) is 0 Å². The fourth-order valence-electron chi connectivity index (χ4n) is 2.33. The number of hydrogen-bond acceptors (Lipinski definition) is 6. The van der Waals surface area contributed by atoms with Crippen LogP contribution in [0.15, 0.2) is 0 Å². The maximum atomic E-state index is 13.2. The van der Waals surface area contributed by atoms with Gasteiger partial charge in [0.1, 0.15) is 5.60 Å². The zero-order valence-electron chi connectivity index (χ0n) is 18.8. The molecule has 0 aromatic heterocycles. The summed E-state index contributed by atoms with van der Waals surface area (Å²) in [7, 11) is 0. The third kappa shape index (κ3) is 9.71. The Hall–Kier alpha value is -2.50. The van der Waals surface area contributed by atoms with Crippen molar-refractivity contribution >= 4 is 17.9 Å².